The van der Waals surface area contributed by atoms with Crippen LogP contribution in [0.5, 0.6) is 0 Å². The average Bonchev–Trinajstić information content (AvgIpc) is 2.26. The van der Waals surface area contributed by atoms with Crippen LogP contribution in [-0.4, -0.2) is 17.6 Å². The van der Waals surface area contributed by atoms with Gasteiger partial charge in [0, 0.05) is 4.91 Å². The largest absolute Gasteiger partial charge is 0.478 e. The summed E-state index contributed by atoms with van der Waals surface area (Å²) in [6.45, 7) is -0.226. The molecule has 0 aliphatic carbocycles. The number of aromatic carboxylic acids is 1. The lowest BCUT2D eigenvalue weighted by Gasteiger charge is -1.99. The lowest BCUT2D eigenvalue weighted by atomic mass is 10.1. The van der Waals surface area contributed by atoms with E-state index in [-0.39, 0.29) is 6.54 Å². The fraction of sp³-hybridized carbons (Fsp3) is 0.100. The smallest absolute Gasteiger partial charge is 0.335 e. The van der Waals surface area contributed by atoms with Crippen molar-refractivity contribution in [1.29, 1.82) is 0 Å². The van der Waals surface area contributed by atoms with Crippen LogP contribution in [0.15, 0.2) is 17.2 Å². The predicted molar refractivity (Wildman–Crippen MR) is 54.2 cm³/mol. The zero-order chi connectivity index (χ0) is 12.8. The fourth-order valence-electron chi connectivity index (χ4n) is 1.01. The summed E-state index contributed by atoms with van der Waals surface area (Å²) in [6.07, 6.45) is 0. The van der Waals surface area contributed by atoms with Crippen molar-refractivity contribution in [1.82, 2.24) is 0 Å². The Labute approximate surface area is 94.3 Å². The normalized spacial score (nSPS) is 8.82. The maximum absolute atomic E-state index is 13.3. The van der Waals surface area contributed by atoms with Gasteiger partial charge in [-0.3, -0.25) is 0 Å². The molecule has 0 aromatic heterocycles. The Kier molecular flexibility index (Phi) is 4.03. The Bertz CT molecular complexity index is 546. The van der Waals surface area contributed by atoms with Crippen molar-refractivity contribution in [2.75, 3.05) is 6.54 Å². The van der Waals surface area contributed by atoms with E-state index in [0.717, 1.165) is 0 Å². The summed E-state index contributed by atoms with van der Waals surface area (Å²) in [5.41, 5.74) is 6.90. The Morgan fingerprint density at radius 3 is 2.53 bits per heavy atom. The summed E-state index contributed by atoms with van der Waals surface area (Å²) >= 11 is 0. The summed E-state index contributed by atoms with van der Waals surface area (Å²) in [4.78, 5) is 12.9. The molecule has 86 valence electrons. The number of carboxylic acids is 1. The van der Waals surface area contributed by atoms with Gasteiger partial charge in [0.25, 0.3) is 0 Å². The van der Waals surface area contributed by atoms with Gasteiger partial charge < -0.3 is 5.11 Å². The van der Waals surface area contributed by atoms with Crippen LogP contribution in [-0.2, 0) is 0 Å². The second-order valence-electron chi connectivity index (χ2n) is 2.81. The van der Waals surface area contributed by atoms with Crippen LogP contribution < -0.4 is 0 Å². The average molecular weight is 237 g/mol. The predicted octanol–water partition coefficient (Wildman–Crippen LogP) is 2.32. The summed E-state index contributed by atoms with van der Waals surface area (Å²) in [5.74, 6) is 0.779. The molecule has 0 bridgehead atoms. The Balaban J connectivity index is 3.12. The highest BCUT2D eigenvalue weighted by Gasteiger charge is 2.12. The van der Waals surface area contributed by atoms with Crippen molar-refractivity contribution in [2.24, 2.45) is 5.11 Å². The second kappa shape index (κ2) is 5.49. The van der Waals surface area contributed by atoms with Crippen LogP contribution in [0, 0.1) is 23.5 Å². The topological polar surface area (TPSA) is 86.1 Å². The van der Waals surface area contributed by atoms with Gasteiger partial charge >= 0.3 is 5.97 Å². The molecule has 0 heterocycles. The van der Waals surface area contributed by atoms with Crippen LogP contribution in [0.25, 0.3) is 10.4 Å². The molecule has 0 unspecified atom stereocenters. The molecule has 17 heavy (non-hydrogen) atoms. The van der Waals surface area contributed by atoms with E-state index in [4.69, 9.17) is 10.6 Å². The van der Waals surface area contributed by atoms with E-state index in [0.29, 0.717) is 12.1 Å². The van der Waals surface area contributed by atoms with Gasteiger partial charge in [0.05, 0.1) is 17.7 Å². The highest BCUT2D eigenvalue weighted by atomic mass is 19.1. The minimum absolute atomic E-state index is 0.226. The zero-order valence-corrected chi connectivity index (χ0v) is 8.31. The number of hydrogen-bond donors (Lipinski definition) is 1. The molecule has 7 heteroatoms. The summed E-state index contributed by atoms with van der Waals surface area (Å²) < 4.78 is 26.5. The number of nitrogens with zero attached hydrogens (tertiary/aromatic N) is 3. The number of carboxylic acid groups (broad SMARTS) is 1. The lowest BCUT2D eigenvalue weighted by Crippen LogP contribution is -2.01. The lowest BCUT2D eigenvalue weighted by molar-refractivity contribution is 0.0695. The van der Waals surface area contributed by atoms with Crippen molar-refractivity contribution in [3.63, 3.8) is 0 Å². The van der Waals surface area contributed by atoms with Gasteiger partial charge in [-0.05, 0) is 17.7 Å². The molecule has 1 aromatic carbocycles. The SMILES string of the molecule is [N-]=[N+]=NCC#Cc1c(F)cc(C(=O)O)cc1F. The van der Waals surface area contributed by atoms with Gasteiger partial charge in [0.15, 0.2) is 0 Å². The summed E-state index contributed by atoms with van der Waals surface area (Å²) in [7, 11) is 0. The second-order valence-corrected chi connectivity index (χ2v) is 2.81. The molecule has 0 saturated heterocycles. The van der Waals surface area contributed by atoms with Crippen molar-refractivity contribution >= 4 is 5.97 Å². The first-order valence-electron chi connectivity index (χ1n) is 4.28. The molecule has 1 aromatic rings. The Morgan fingerprint density at radius 1 is 1.47 bits per heavy atom. The molecule has 0 saturated carbocycles. The third-order valence-corrected chi connectivity index (χ3v) is 1.72. The molecule has 0 atom stereocenters. The maximum Gasteiger partial charge on any atom is 0.335 e. The van der Waals surface area contributed by atoms with Crippen LogP contribution in [0.3, 0.4) is 0 Å². The standard InChI is InChI=1S/C10H5F2N3O2/c11-8-4-6(10(16)17)5-9(12)7(8)2-1-3-14-15-13/h4-5H,3H2,(H,16,17). The van der Waals surface area contributed by atoms with Crippen molar-refractivity contribution < 1.29 is 18.7 Å². The number of carbonyl (C=O) groups is 1. The van der Waals surface area contributed by atoms with Crippen LogP contribution in [0.2, 0.25) is 0 Å². The summed E-state index contributed by atoms with van der Waals surface area (Å²) in [5, 5.41) is 11.6. The van der Waals surface area contributed by atoms with Crippen molar-refractivity contribution in [3.8, 4) is 11.8 Å². The van der Waals surface area contributed by atoms with Gasteiger partial charge in [-0.25, -0.2) is 13.6 Å². The number of rotatable bonds is 2. The molecular formula is C10H5F2N3O2. The van der Waals surface area contributed by atoms with Crippen LogP contribution in [0.1, 0.15) is 15.9 Å². The Morgan fingerprint density at radius 2 is 2.06 bits per heavy atom. The molecule has 0 aliphatic heterocycles. The van der Waals surface area contributed by atoms with E-state index >= 15 is 0 Å². The first-order chi connectivity index (χ1) is 8.06. The van der Waals surface area contributed by atoms with Crippen LogP contribution >= 0.6 is 0 Å². The molecule has 1 N–H and O–H groups in total. The van der Waals surface area contributed by atoms with Gasteiger partial charge in [-0.2, -0.15) is 0 Å². The quantitative estimate of drug-likeness (QED) is 0.370. The van der Waals surface area contributed by atoms with E-state index < -0.39 is 28.7 Å². The first-order valence-corrected chi connectivity index (χ1v) is 4.28. The number of azide groups is 1. The highest BCUT2D eigenvalue weighted by Crippen LogP contribution is 2.14. The van der Waals surface area contributed by atoms with E-state index in [1.165, 1.54) is 0 Å². The van der Waals surface area contributed by atoms with Crippen molar-refractivity contribution in [2.45, 2.75) is 0 Å². The van der Waals surface area contributed by atoms with E-state index in [2.05, 4.69) is 21.9 Å². The Hall–Kier alpha value is -2.58. The molecule has 0 spiro atoms. The minimum Gasteiger partial charge on any atom is -0.478 e. The van der Waals surface area contributed by atoms with Crippen molar-refractivity contribution in [3.05, 3.63) is 45.3 Å². The summed E-state index contributed by atoms with van der Waals surface area (Å²) in [6, 6.07) is 1.34. The molecule has 0 aliphatic rings. The van der Waals surface area contributed by atoms with Gasteiger partial charge in [-0.1, -0.05) is 17.0 Å². The van der Waals surface area contributed by atoms with Crippen LogP contribution in [0.4, 0.5) is 8.78 Å². The first kappa shape index (κ1) is 12.5. The van der Waals surface area contributed by atoms with E-state index in [9.17, 15) is 13.6 Å². The molecule has 0 fully saturated rings. The number of benzene rings is 1. The minimum atomic E-state index is -1.43. The van der Waals surface area contributed by atoms with E-state index in [1.54, 1.807) is 0 Å². The zero-order valence-electron chi connectivity index (χ0n) is 8.31. The van der Waals surface area contributed by atoms with E-state index in [1.807, 2.05) is 0 Å². The number of halogens is 2. The third-order valence-electron chi connectivity index (χ3n) is 1.72. The van der Waals surface area contributed by atoms with Gasteiger partial charge in [0.2, 0.25) is 0 Å². The fourth-order valence-corrected chi connectivity index (χ4v) is 1.01. The molecule has 1 rings (SSSR count). The molecular weight excluding hydrogens is 232 g/mol. The molecule has 0 radical (unpaired) electrons. The molecule has 0 amide bonds. The monoisotopic (exact) mass is 237 g/mol. The maximum atomic E-state index is 13.3. The van der Waals surface area contributed by atoms with Gasteiger partial charge in [-0.15, -0.1) is 0 Å². The third kappa shape index (κ3) is 3.19. The van der Waals surface area contributed by atoms with Gasteiger partial charge in [0.1, 0.15) is 11.6 Å². The number of hydrogen-bond acceptors (Lipinski definition) is 2. The molecule has 5 nitrogen and oxygen atoms in total. The highest BCUT2D eigenvalue weighted by molar-refractivity contribution is 5.87.